The van der Waals surface area contributed by atoms with Gasteiger partial charge in [-0.1, -0.05) is 30.3 Å². The Bertz CT molecular complexity index is 395. The minimum absolute atomic E-state index is 0.0663. The Morgan fingerprint density at radius 2 is 2.00 bits per heavy atom. The van der Waals surface area contributed by atoms with Crippen molar-refractivity contribution in [3.8, 4) is 0 Å². The van der Waals surface area contributed by atoms with Crippen LogP contribution in [-0.4, -0.2) is 12.6 Å². The lowest BCUT2D eigenvalue weighted by atomic mass is 9.85. The van der Waals surface area contributed by atoms with E-state index in [9.17, 15) is 4.79 Å². The summed E-state index contributed by atoms with van der Waals surface area (Å²) in [6, 6.07) is 10.4. The first-order valence-electron chi connectivity index (χ1n) is 6.29. The van der Waals surface area contributed by atoms with Crippen LogP contribution in [0.15, 0.2) is 30.3 Å². The van der Waals surface area contributed by atoms with Gasteiger partial charge < -0.3 is 4.74 Å². The standard InChI is InChI=1S/C15H20O2/c1-4-17-14(16)15(2,3)13-10-12(13)11-8-6-5-7-9-11/h5-9,12-13H,4,10H2,1-3H3/t12-,13+/m0/s1. The van der Waals surface area contributed by atoms with Crippen LogP contribution in [0.3, 0.4) is 0 Å². The molecule has 0 spiro atoms. The molecule has 0 N–H and O–H groups in total. The molecule has 1 aliphatic carbocycles. The number of carbonyl (C=O) groups is 1. The normalized spacial score (nSPS) is 23.2. The van der Waals surface area contributed by atoms with Crippen molar-refractivity contribution in [2.24, 2.45) is 11.3 Å². The van der Waals surface area contributed by atoms with Crippen LogP contribution in [0.5, 0.6) is 0 Å². The molecule has 2 rings (SSSR count). The van der Waals surface area contributed by atoms with Gasteiger partial charge in [0.1, 0.15) is 0 Å². The summed E-state index contributed by atoms with van der Waals surface area (Å²) in [7, 11) is 0. The van der Waals surface area contributed by atoms with Crippen LogP contribution >= 0.6 is 0 Å². The molecule has 0 heterocycles. The summed E-state index contributed by atoms with van der Waals surface area (Å²) in [6.07, 6.45) is 1.09. The number of esters is 1. The van der Waals surface area contributed by atoms with E-state index in [0.717, 1.165) is 6.42 Å². The molecule has 1 aliphatic rings. The number of hydrogen-bond acceptors (Lipinski definition) is 2. The first kappa shape index (κ1) is 12.2. The summed E-state index contributed by atoms with van der Waals surface area (Å²) in [5.74, 6) is 0.878. The number of benzene rings is 1. The van der Waals surface area contributed by atoms with Crippen molar-refractivity contribution in [2.45, 2.75) is 33.1 Å². The first-order valence-corrected chi connectivity index (χ1v) is 6.29. The average Bonchev–Trinajstić information content (AvgIpc) is 3.11. The zero-order valence-corrected chi connectivity index (χ0v) is 10.8. The molecule has 2 nitrogen and oxygen atoms in total. The Hall–Kier alpha value is -1.31. The van der Waals surface area contributed by atoms with Gasteiger partial charge in [0.05, 0.1) is 12.0 Å². The molecular weight excluding hydrogens is 212 g/mol. The third-order valence-electron chi connectivity index (χ3n) is 3.75. The predicted octanol–water partition coefficient (Wildman–Crippen LogP) is 3.38. The van der Waals surface area contributed by atoms with E-state index in [0.29, 0.717) is 18.4 Å². The number of rotatable bonds is 4. The maximum absolute atomic E-state index is 11.9. The number of ether oxygens (including phenoxy) is 1. The van der Waals surface area contributed by atoms with E-state index in [2.05, 4.69) is 24.3 Å². The summed E-state index contributed by atoms with van der Waals surface area (Å²) in [4.78, 5) is 11.9. The second-order valence-electron chi connectivity index (χ2n) is 5.30. The van der Waals surface area contributed by atoms with Crippen LogP contribution in [0, 0.1) is 11.3 Å². The van der Waals surface area contributed by atoms with Crippen LogP contribution < -0.4 is 0 Å². The molecule has 0 amide bonds. The Kier molecular flexibility index (Phi) is 3.23. The average molecular weight is 232 g/mol. The Balaban J connectivity index is 2.05. The highest BCUT2D eigenvalue weighted by Gasteiger charge is 2.52. The summed E-state index contributed by atoms with van der Waals surface area (Å²) in [5.41, 5.74) is 0.978. The minimum Gasteiger partial charge on any atom is -0.466 e. The Morgan fingerprint density at radius 3 is 2.59 bits per heavy atom. The molecule has 0 saturated heterocycles. The van der Waals surface area contributed by atoms with Crippen LogP contribution in [0.1, 0.15) is 38.7 Å². The fraction of sp³-hybridized carbons (Fsp3) is 0.533. The monoisotopic (exact) mass is 232 g/mol. The van der Waals surface area contributed by atoms with Crippen molar-refractivity contribution >= 4 is 5.97 Å². The van der Waals surface area contributed by atoms with Crippen LogP contribution in [0.25, 0.3) is 0 Å². The fourth-order valence-corrected chi connectivity index (χ4v) is 2.53. The van der Waals surface area contributed by atoms with E-state index < -0.39 is 0 Å². The summed E-state index contributed by atoms with van der Waals surface area (Å²) in [5, 5.41) is 0. The van der Waals surface area contributed by atoms with Gasteiger partial charge in [0.15, 0.2) is 0 Å². The van der Waals surface area contributed by atoms with Crippen molar-refractivity contribution in [3.63, 3.8) is 0 Å². The maximum Gasteiger partial charge on any atom is 0.311 e. The SMILES string of the molecule is CCOC(=O)C(C)(C)[C@@H]1C[C@H]1c1ccccc1. The molecule has 1 aromatic rings. The highest BCUT2D eigenvalue weighted by Crippen LogP contribution is 2.57. The molecule has 1 fully saturated rings. The second-order valence-corrected chi connectivity index (χ2v) is 5.30. The Labute approximate surface area is 103 Å². The molecule has 0 unspecified atom stereocenters. The topological polar surface area (TPSA) is 26.3 Å². The molecule has 2 heteroatoms. The highest BCUT2D eigenvalue weighted by molar-refractivity contribution is 5.77. The van der Waals surface area contributed by atoms with Crippen molar-refractivity contribution < 1.29 is 9.53 Å². The fourth-order valence-electron chi connectivity index (χ4n) is 2.53. The lowest BCUT2D eigenvalue weighted by Gasteiger charge is -2.22. The third kappa shape index (κ3) is 2.36. The van der Waals surface area contributed by atoms with Crippen molar-refractivity contribution in [1.82, 2.24) is 0 Å². The first-order chi connectivity index (χ1) is 8.07. The zero-order chi connectivity index (χ0) is 12.5. The van der Waals surface area contributed by atoms with Crippen LogP contribution in [-0.2, 0) is 9.53 Å². The van der Waals surface area contributed by atoms with Gasteiger partial charge in [-0.3, -0.25) is 4.79 Å². The smallest absolute Gasteiger partial charge is 0.311 e. The van der Waals surface area contributed by atoms with Gasteiger partial charge in [-0.25, -0.2) is 0 Å². The van der Waals surface area contributed by atoms with Crippen LogP contribution in [0.2, 0.25) is 0 Å². The number of hydrogen-bond donors (Lipinski definition) is 0. The molecule has 1 saturated carbocycles. The van der Waals surface area contributed by atoms with Gasteiger partial charge in [-0.15, -0.1) is 0 Å². The van der Waals surface area contributed by atoms with Gasteiger partial charge in [0.2, 0.25) is 0 Å². The second kappa shape index (κ2) is 4.52. The van der Waals surface area contributed by atoms with E-state index in [-0.39, 0.29) is 11.4 Å². The highest BCUT2D eigenvalue weighted by atomic mass is 16.5. The van der Waals surface area contributed by atoms with E-state index >= 15 is 0 Å². The summed E-state index contributed by atoms with van der Waals surface area (Å²) >= 11 is 0. The Morgan fingerprint density at radius 1 is 1.35 bits per heavy atom. The van der Waals surface area contributed by atoms with Gasteiger partial charge in [0.25, 0.3) is 0 Å². The van der Waals surface area contributed by atoms with Gasteiger partial charge in [-0.05, 0) is 44.6 Å². The molecular formula is C15H20O2. The maximum atomic E-state index is 11.9. The molecule has 92 valence electrons. The summed E-state index contributed by atoms with van der Waals surface area (Å²) in [6.45, 7) is 6.32. The molecule has 0 aliphatic heterocycles. The zero-order valence-electron chi connectivity index (χ0n) is 10.8. The lowest BCUT2D eigenvalue weighted by Crippen LogP contribution is -2.29. The van der Waals surface area contributed by atoms with Crippen molar-refractivity contribution in [2.75, 3.05) is 6.61 Å². The van der Waals surface area contributed by atoms with E-state index in [1.54, 1.807) is 0 Å². The van der Waals surface area contributed by atoms with Crippen molar-refractivity contribution in [3.05, 3.63) is 35.9 Å². The minimum atomic E-state index is -0.365. The van der Waals surface area contributed by atoms with E-state index in [1.165, 1.54) is 5.56 Å². The number of carbonyl (C=O) groups excluding carboxylic acids is 1. The third-order valence-corrected chi connectivity index (χ3v) is 3.75. The largest absolute Gasteiger partial charge is 0.466 e. The quantitative estimate of drug-likeness (QED) is 0.744. The van der Waals surface area contributed by atoms with Crippen molar-refractivity contribution in [1.29, 1.82) is 0 Å². The van der Waals surface area contributed by atoms with Gasteiger partial charge in [-0.2, -0.15) is 0 Å². The predicted molar refractivity (Wildman–Crippen MR) is 67.7 cm³/mol. The molecule has 2 atom stereocenters. The molecule has 17 heavy (non-hydrogen) atoms. The van der Waals surface area contributed by atoms with Gasteiger partial charge in [0, 0.05) is 0 Å². The lowest BCUT2D eigenvalue weighted by molar-refractivity contribution is -0.154. The van der Waals surface area contributed by atoms with Crippen LogP contribution in [0.4, 0.5) is 0 Å². The van der Waals surface area contributed by atoms with E-state index in [1.807, 2.05) is 26.8 Å². The van der Waals surface area contributed by atoms with E-state index in [4.69, 9.17) is 4.74 Å². The molecule has 0 bridgehead atoms. The molecule has 1 aromatic carbocycles. The summed E-state index contributed by atoms with van der Waals surface area (Å²) < 4.78 is 5.15. The molecule has 0 radical (unpaired) electrons. The molecule has 0 aromatic heterocycles. The van der Waals surface area contributed by atoms with Gasteiger partial charge >= 0.3 is 5.97 Å².